The number of carbonyl (C=O) groups excluding carboxylic acids is 2. The molecule has 284 valence electrons. The van der Waals surface area contributed by atoms with Crippen molar-refractivity contribution in [3.05, 3.63) is 12.7 Å². The molecule has 2 aromatic rings. The summed E-state index contributed by atoms with van der Waals surface area (Å²) >= 11 is 1.64. The first-order valence-electron chi connectivity index (χ1n) is 14.6. The van der Waals surface area contributed by atoms with Gasteiger partial charge in [0.25, 0.3) is 0 Å². The Morgan fingerprint density at radius 1 is 1.10 bits per heavy atom. The third-order valence-electron chi connectivity index (χ3n) is 6.85. The van der Waals surface area contributed by atoms with E-state index < -0.39 is 78.6 Å². The highest BCUT2D eigenvalue weighted by Gasteiger charge is 2.50. The van der Waals surface area contributed by atoms with E-state index in [-0.39, 0.29) is 35.9 Å². The van der Waals surface area contributed by atoms with Gasteiger partial charge in [-0.1, -0.05) is 20.8 Å². The number of carbonyl (C=O) groups is 2. The Kier molecular flexibility index (Phi) is 14.9. The average Bonchev–Trinajstić information content (AvgIpc) is 3.57. The van der Waals surface area contributed by atoms with Crippen LogP contribution in [0.5, 0.6) is 0 Å². The van der Waals surface area contributed by atoms with Gasteiger partial charge in [-0.2, -0.15) is 16.1 Å². The average molecular weight is 796 g/mol. The number of ether oxygens (including phenoxy) is 1. The number of thioether (sulfide) groups is 1. The first-order chi connectivity index (χ1) is 23.2. The summed E-state index contributed by atoms with van der Waals surface area (Å²) in [6, 6.07) is 0. The number of nitrogens with one attached hydrogen (secondary N) is 2. The van der Waals surface area contributed by atoms with Crippen LogP contribution in [0.2, 0.25) is 0 Å². The van der Waals surface area contributed by atoms with E-state index in [0.717, 1.165) is 28.7 Å². The van der Waals surface area contributed by atoms with Gasteiger partial charge in [0.1, 0.15) is 36.3 Å². The number of nitrogens with two attached hydrogens (primary N) is 1. The van der Waals surface area contributed by atoms with Gasteiger partial charge < -0.3 is 50.9 Å². The summed E-state index contributed by atoms with van der Waals surface area (Å²) in [6.45, 7) is 2.90. The molecule has 50 heavy (non-hydrogen) atoms. The first-order valence-corrected chi connectivity index (χ1v) is 20.3. The molecule has 1 saturated heterocycles. The number of nitrogens with zero attached hydrogens (tertiary/aromatic N) is 4. The van der Waals surface area contributed by atoms with Gasteiger partial charge in [0, 0.05) is 30.7 Å². The van der Waals surface area contributed by atoms with Crippen LogP contribution in [0.15, 0.2) is 12.7 Å². The van der Waals surface area contributed by atoms with Crippen LogP contribution in [0.4, 0.5) is 5.82 Å². The lowest BCUT2D eigenvalue weighted by Crippen LogP contribution is -2.46. The van der Waals surface area contributed by atoms with Gasteiger partial charge in [-0.15, -0.1) is 0 Å². The van der Waals surface area contributed by atoms with Crippen molar-refractivity contribution < 1.29 is 75.7 Å². The number of imidazole rings is 1. The van der Waals surface area contributed by atoms with Crippen molar-refractivity contribution in [3.8, 4) is 0 Å². The third kappa shape index (κ3) is 12.2. The molecule has 2 amide bonds. The van der Waals surface area contributed by atoms with Gasteiger partial charge >= 0.3 is 23.5 Å². The van der Waals surface area contributed by atoms with Crippen molar-refractivity contribution in [3.63, 3.8) is 0 Å². The van der Waals surface area contributed by atoms with Crippen LogP contribution in [0.25, 0.3) is 11.2 Å². The molecule has 0 radical (unpaired) electrons. The monoisotopic (exact) mass is 795 g/mol. The minimum atomic E-state index is -5.54. The highest BCUT2D eigenvalue weighted by molar-refractivity contribution is 7.99. The van der Waals surface area contributed by atoms with Gasteiger partial charge in [-0.05, 0) is 5.75 Å². The molecule has 0 spiro atoms. The molecule has 27 heteroatoms. The van der Waals surface area contributed by atoms with Gasteiger partial charge in [0.15, 0.2) is 17.7 Å². The Bertz CT molecular complexity index is 1630. The number of phosphoric acid groups is 3. The summed E-state index contributed by atoms with van der Waals surface area (Å²) in [6.07, 6.45) is -6.69. The van der Waals surface area contributed by atoms with E-state index in [9.17, 15) is 53.1 Å². The Morgan fingerprint density at radius 3 is 2.44 bits per heavy atom. The number of amides is 2. The third-order valence-corrected chi connectivity index (χ3v) is 10.9. The lowest BCUT2D eigenvalue weighted by atomic mass is 9.87. The van der Waals surface area contributed by atoms with E-state index >= 15 is 0 Å². The van der Waals surface area contributed by atoms with Gasteiger partial charge in [0.05, 0.1) is 19.5 Å². The first kappa shape index (κ1) is 42.3. The summed E-state index contributed by atoms with van der Waals surface area (Å²) in [7, 11) is -16.3. The summed E-state index contributed by atoms with van der Waals surface area (Å²) in [5, 5.41) is 26.4. The largest absolute Gasteiger partial charge is 0.481 e. The van der Waals surface area contributed by atoms with Crippen molar-refractivity contribution in [1.82, 2.24) is 30.2 Å². The zero-order valence-electron chi connectivity index (χ0n) is 26.9. The van der Waals surface area contributed by atoms with E-state index in [0.29, 0.717) is 6.54 Å². The van der Waals surface area contributed by atoms with Gasteiger partial charge in [-0.3, -0.25) is 27.7 Å². The van der Waals surface area contributed by atoms with Crippen molar-refractivity contribution in [2.24, 2.45) is 5.41 Å². The van der Waals surface area contributed by atoms with Crippen LogP contribution in [-0.4, -0.2) is 123 Å². The molecule has 2 aromatic heterocycles. The van der Waals surface area contributed by atoms with E-state index in [1.54, 1.807) is 11.8 Å². The molecule has 10 N–H and O–H groups in total. The number of aliphatic hydroxyl groups excluding tert-OH is 2. The minimum Gasteiger partial charge on any atom is -0.386 e. The predicted octanol–water partition coefficient (Wildman–Crippen LogP) is -0.842. The Morgan fingerprint density at radius 2 is 1.78 bits per heavy atom. The summed E-state index contributed by atoms with van der Waals surface area (Å²) in [4.78, 5) is 75.1. The number of phosphoric ester groups is 3. The smallest absolute Gasteiger partial charge is 0.386 e. The fourth-order valence-corrected chi connectivity index (χ4v) is 7.71. The molecule has 7 unspecified atom stereocenters. The standard InChI is InChI=1S/C23H40N7O16P3S/c1-4-50-8-7-25-14(31)5-6-26-21(34)18(33)23(2,3)10-43-49(40,41)46-48(38,39)42-9-13-17(45-47(35,36)37)16(32)22(44-13)30-12-29-15-19(24)27-11-28-20(15)30/h11-13,16-18,22,32-33H,4-10H2,1-3H3,(H,25,31)(H,26,34)(H,38,39)(H,40,41)(H2,24,27,28)(H2,35,36,37). The zero-order valence-corrected chi connectivity index (χ0v) is 30.4. The molecular weight excluding hydrogens is 755 g/mol. The summed E-state index contributed by atoms with van der Waals surface area (Å²) in [5.41, 5.74) is 4.32. The zero-order chi connectivity index (χ0) is 37.5. The van der Waals surface area contributed by atoms with Crippen LogP contribution in [0.1, 0.15) is 33.4 Å². The fraction of sp³-hybridized carbons (Fsp3) is 0.696. The topological polar surface area (TPSA) is 347 Å². The number of rotatable bonds is 20. The maximum Gasteiger partial charge on any atom is 0.481 e. The molecule has 1 aliphatic rings. The highest BCUT2D eigenvalue weighted by atomic mass is 32.2. The number of aliphatic hydroxyl groups is 2. The molecule has 1 aliphatic heterocycles. The molecule has 7 atom stereocenters. The second kappa shape index (κ2) is 17.6. The Labute approximate surface area is 289 Å². The number of anilines is 1. The second-order valence-electron chi connectivity index (χ2n) is 11.3. The van der Waals surface area contributed by atoms with Crippen LogP contribution in [0, 0.1) is 5.41 Å². The lowest BCUT2D eigenvalue weighted by molar-refractivity contribution is -0.137. The lowest BCUT2D eigenvalue weighted by Gasteiger charge is -2.30. The van der Waals surface area contributed by atoms with Crippen molar-refractivity contribution >= 4 is 64.0 Å². The van der Waals surface area contributed by atoms with Crippen LogP contribution in [-0.2, 0) is 45.9 Å². The van der Waals surface area contributed by atoms with Crippen LogP contribution in [0.3, 0.4) is 0 Å². The second-order valence-corrected chi connectivity index (χ2v) is 16.9. The molecule has 1 fully saturated rings. The number of hydrogen-bond donors (Lipinski definition) is 9. The summed E-state index contributed by atoms with van der Waals surface area (Å²) in [5.74, 6) is 0.344. The number of fused-ring (bicyclic) bond motifs is 1. The van der Waals surface area contributed by atoms with Gasteiger partial charge in [-0.25, -0.2) is 28.6 Å². The quantitative estimate of drug-likeness (QED) is 0.0582. The molecular formula is C23H40N7O16P3S. The molecule has 3 rings (SSSR count). The number of hydrogen-bond acceptors (Lipinski definition) is 17. The van der Waals surface area contributed by atoms with Crippen molar-refractivity contribution in [2.45, 2.75) is 57.8 Å². The normalized spacial score (nSPS) is 22.9. The summed E-state index contributed by atoms with van der Waals surface area (Å²) < 4.78 is 61.9. The SMILES string of the molecule is CCSCCNC(=O)CCNC(=O)C(O)C(C)(C)COP(=O)(O)OP(=O)(O)OCC1OC(n2cnc3c(N)ncnc32)C(O)C1OP(=O)(O)O. The molecule has 0 aliphatic carbocycles. The molecule has 3 heterocycles. The maximum absolute atomic E-state index is 12.6. The van der Waals surface area contributed by atoms with Crippen LogP contribution < -0.4 is 16.4 Å². The Balaban J connectivity index is 1.57. The number of nitrogen functional groups attached to an aromatic ring is 1. The molecule has 0 bridgehead atoms. The maximum atomic E-state index is 12.6. The highest BCUT2D eigenvalue weighted by Crippen LogP contribution is 2.61. The molecule has 0 saturated carbocycles. The molecule has 23 nitrogen and oxygen atoms in total. The van der Waals surface area contributed by atoms with Gasteiger partial charge in [0.2, 0.25) is 11.8 Å². The Hall–Kier alpha value is -2.11. The van der Waals surface area contributed by atoms with Crippen LogP contribution >= 0.6 is 35.2 Å². The van der Waals surface area contributed by atoms with E-state index in [2.05, 4.69) is 34.4 Å². The fourth-order valence-electron chi connectivity index (χ4n) is 4.35. The van der Waals surface area contributed by atoms with E-state index in [4.69, 9.17) is 19.5 Å². The minimum absolute atomic E-state index is 0.0343. The van der Waals surface area contributed by atoms with E-state index in [1.165, 1.54) is 13.8 Å². The number of aromatic nitrogens is 4. The van der Waals surface area contributed by atoms with Crippen molar-refractivity contribution in [2.75, 3.05) is 43.5 Å². The predicted molar refractivity (Wildman–Crippen MR) is 173 cm³/mol. The van der Waals surface area contributed by atoms with E-state index in [1.807, 2.05) is 6.92 Å². The molecule has 0 aromatic carbocycles. The van der Waals surface area contributed by atoms with Crippen molar-refractivity contribution in [1.29, 1.82) is 0 Å².